The molecule has 3 aromatic carbocycles. The van der Waals surface area contributed by atoms with E-state index in [1.54, 1.807) is 56.7 Å². The first kappa shape index (κ1) is 18.3. The Balaban J connectivity index is 1.69. The van der Waals surface area contributed by atoms with E-state index >= 15 is 0 Å². The minimum absolute atomic E-state index is 0.236. The van der Waals surface area contributed by atoms with Crippen molar-refractivity contribution < 1.29 is 19.0 Å². The van der Waals surface area contributed by atoms with E-state index in [0.29, 0.717) is 28.5 Å². The van der Waals surface area contributed by atoms with E-state index in [-0.39, 0.29) is 5.91 Å². The van der Waals surface area contributed by atoms with Gasteiger partial charge in [-0.1, -0.05) is 17.7 Å². The molecule has 0 atom stereocenters. The highest BCUT2D eigenvalue weighted by atomic mass is 16.5. The molecule has 27 heavy (non-hydrogen) atoms. The summed E-state index contributed by atoms with van der Waals surface area (Å²) in [5.74, 6) is 2.36. The molecule has 3 rings (SSSR count). The summed E-state index contributed by atoms with van der Waals surface area (Å²) in [6.45, 7) is 2.02. The summed E-state index contributed by atoms with van der Waals surface area (Å²) in [6.07, 6.45) is 0. The van der Waals surface area contributed by atoms with Gasteiger partial charge in [-0.3, -0.25) is 4.79 Å². The number of anilines is 1. The van der Waals surface area contributed by atoms with Gasteiger partial charge in [0.25, 0.3) is 5.91 Å². The summed E-state index contributed by atoms with van der Waals surface area (Å²) in [5.41, 5.74) is 2.26. The zero-order valence-electron chi connectivity index (χ0n) is 15.5. The molecular weight excluding hydrogens is 342 g/mol. The van der Waals surface area contributed by atoms with Gasteiger partial charge in [-0.2, -0.15) is 0 Å². The topological polar surface area (TPSA) is 56.8 Å². The van der Waals surface area contributed by atoms with E-state index < -0.39 is 0 Å². The normalized spacial score (nSPS) is 10.2. The van der Waals surface area contributed by atoms with Crippen LogP contribution in [-0.2, 0) is 0 Å². The Morgan fingerprint density at radius 3 is 1.96 bits per heavy atom. The third-order valence-electron chi connectivity index (χ3n) is 4.03. The number of nitrogens with one attached hydrogen (secondary N) is 1. The first-order valence-corrected chi connectivity index (χ1v) is 8.47. The van der Waals surface area contributed by atoms with Crippen LogP contribution in [0.4, 0.5) is 5.69 Å². The molecule has 5 heteroatoms. The number of hydrogen-bond donors (Lipinski definition) is 1. The minimum atomic E-state index is -0.236. The van der Waals surface area contributed by atoms with E-state index in [1.807, 2.05) is 31.2 Å². The molecule has 0 aliphatic rings. The monoisotopic (exact) mass is 363 g/mol. The van der Waals surface area contributed by atoms with Gasteiger partial charge in [0.1, 0.15) is 23.0 Å². The molecule has 0 saturated carbocycles. The third-order valence-corrected chi connectivity index (χ3v) is 4.03. The van der Waals surface area contributed by atoms with Gasteiger partial charge in [-0.15, -0.1) is 0 Å². The van der Waals surface area contributed by atoms with Crippen LogP contribution >= 0.6 is 0 Å². The molecule has 0 heterocycles. The van der Waals surface area contributed by atoms with Crippen LogP contribution in [0.3, 0.4) is 0 Å². The summed E-state index contributed by atoms with van der Waals surface area (Å²) in [5, 5.41) is 2.84. The van der Waals surface area contributed by atoms with Crippen molar-refractivity contribution in [3.8, 4) is 23.0 Å². The number of amides is 1. The maximum atomic E-state index is 12.5. The molecule has 1 N–H and O–H groups in total. The molecule has 0 unspecified atom stereocenters. The van der Waals surface area contributed by atoms with Crippen molar-refractivity contribution >= 4 is 11.6 Å². The van der Waals surface area contributed by atoms with Gasteiger partial charge in [0.15, 0.2) is 0 Å². The number of aryl methyl sites for hydroxylation is 1. The van der Waals surface area contributed by atoms with Crippen molar-refractivity contribution in [3.63, 3.8) is 0 Å². The quantitative estimate of drug-likeness (QED) is 0.665. The second kappa shape index (κ2) is 8.27. The van der Waals surface area contributed by atoms with Crippen LogP contribution < -0.4 is 19.5 Å². The van der Waals surface area contributed by atoms with Crippen molar-refractivity contribution in [2.24, 2.45) is 0 Å². The third kappa shape index (κ3) is 4.58. The van der Waals surface area contributed by atoms with Gasteiger partial charge in [-0.25, -0.2) is 0 Å². The van der Waals surface area contributed by atoms with Gasteiger partial charge in [0.2, 0.25) is 0 Å². The van der Waals surface area contributed by atoms with Crippen LogP contribution in [0.25, 0.3) is 0 Å². The van der Waals surface area contributed by atoms with Gasteiger partial charge in [-0.05, 0) is 55.5 Å². The van der Waals surface area contributed by atoms with Crippen molar-refractivity contribution in [1.82, 2.24) is 0 Å². The summed E-state index contributed by atoms with van der Waals surface area (Å²) < 4.78 is 16.2. The average Bonchev–Trinajstić information content (AvgIpc) is 2.70. The van der Waals surface area contributed by atoms with Crippen LogP contribution in [-0.4, -0.2) is 20.1 Å². The van der Waals surface area contributed by atoms with E-state index in [9.17, 15) is 4.79 Å². The zero-order chi connectivity index (χ0) is 19.2. The van der Waals surface area contributed by atoms with Gasteiger partial charge >= 0.3 is 0 Å². The summed E-state index contributed by atoms with van der Waals surface area (Å²) in [7, 11) is 3.12. The predicted molar refractivity (Wildman–Crippen MR) is 105 cm³/mol. The smallest absolute Gasteiger partial charge is 0.255 e. The van der Waals surface area contributed by atoms with Gasteiger partial charge < -0.3 is 19.5 Å². The Labute approximate surface area is 158 Å². The molecule has 0 spiro atoms. The Kier molecular flexibility index (Phi) is 5.61. The fourth-order valence-electron chi connectivity index (χ4n) is 2.51. The molecule has 0 radical (unpaired) electrons. The Morgan fingerprint density at radius 1 is 0.778 bits per heavy atom. The molecular formula is C22H21NO4. The van der Waals surface area contributed by atoms with Gasteiger partial charge in [0, 0.05) is 11.6 Å². The molecule has 0 saturated heterocycles. The number of carbonyl (C=O) groups excluding carboxylic acids is 1. The number of carbonyl (C=O) groups is 1. The Hall–Kier alpha value is -3.47. The van der Waals surface area contributed by atoms with Crippen LogP contribution in [0.5, 0.6) is 23.0 Å². The highest BCUT2D eigenvalue weighted by molar-refractivity contribution is 6.05. The lowest BCUT2D eigenvalue weighted by molar-refractivity contribution is 0.102. The summed E-state index contributed by atoms with van der Waals surface area (Å²) in [4.78, 5) is 12.5. The molecule has 0 aliphatic heterocycles. The maximum Gasteiger partial charge on any atom is 0.255 e. The largest absolute Gasteiger partial charge is 0.497 e. The van der Waals surface area contributed by atoms with Crippen LogP contribution in [0.2, 0.25) is 0 Å². The fraction of sp³-hybridized carbons (Fsp3) is 0.136. The van der Waals surface area contributed by atoms with Crippen LogP contribution in [0, 0.1) is 6.92 Å². The lowest BCUT2D eigenvalue weighted by Gasteiger charge is -2.12. The standard InChI is InChI=1S/C22H21NO4/c1-15-4-8-17(9-5-15)27-18-10-6-16(7-11-18)22(24)23-20-13-12-19(25-2)14-21(20)26-3/h4-14H,1-3H3,(H,23,24). The van der Waals surface area contributed by atoms with E-state index in [0.717, 1.165) is 5.75 Å². The van der Waals surface area contributed by atoms with Crippen molar-refractivity contribution in [2.45, 2.75) is 6.92 Å². The fourth-order valence-corrected chi connectivity index (χ4v) is 2.51. The van der Waals surface area contributed by atoms with Crippen LogP contribution in [0.15, 0.2) is 66.7 Å². The van der Waals surface area contributed by atoms with Crippen molar-refractivity contribution in [1.29, 1.82) is 0 Å². The number of methoxy groups -OCH3 is 2. The molecule has 0 bridgehead atoms. The lowest BCUT2D eigenvalue weighted by Crippen LogP contribution is -2.12. The molecule has 0 aliphatic carbocycles. The molecule has 5 nitrogen and oxygen atoms in total. The van der Waals surface area contributed by atoms with E-state index in [2.05, 4.69) is 5.32 Å². The Bertz CT molecular complexity index is 918. The zero-order valence-corrected chi connectivity index (χ0v) is 15.5. The molecule has 0 aromatic heterocycles. The summed E-state index contributed by atoms with van der Waals surface area (Å²) >= 11 is 0. The lowest BCUT2D eigenvalue weighted by atomic mass is 10.2. The SMILES string of the molecule is COc1ccc(NC(=O)c2ccc(Oc3ccc(C)cc3)cc2)c(OC)c1. The molecule has 1 amide bonds. The van der Waals surface area contributed by atoms with Gasteiger partial charge in [0.05, 0.1) is 19.9 Å². The van der Waals surface area contributed by atoms with Crippen LogP contribution in [0.1, 0.15) is 15.9 Å². The van der Waals surface area contributed by atoms with Crippen molar-refractivity contribution in [2.75, 3.05) is 19.5 Å². The first-order valence-electron chi connectivity index (χ1n) is 8.47. The highest BCUT2D eigenvalue weighted by Gasteiger charge is 2.11. The maximum absolute atomic E-state index is 12.5. The summed E-state index contributed by atoms with van der Waals surface area (Å²) in [6, 6.07) is 20.0. The number of hydrogen-bond acceptors (Lipinski definition) is 4. The predicted octanol–water partition coefficient (Wildman–Crippen LogP) is 5.06. The average molecular weight is 363 g/mol. The number of rotatable bonds is 6. The number of ether oxygens (including phenoxy) is 3. The van der Waals surface area contributed by atoms with E-state index in [1.165, 1.54) is 5.56 Å². The van der Waals surface area contributed by atoms with Crippen molar-refractivity contribution in [3.05, 3.63) is 77.9 Å². The molecule has 3 aromatic rings. The second-order valence-electron chi connectivity index (χ2n) is 5.96. The second-order valence-corrected chi connectivity index (χ2v) is 5.96. The molecule has 138 valence electrons. The highest BCUT2D eigenvalue weighted by Crippen LogP contribution is 2.29. The number of benzene rings is 3. The Morgan fingerprint density at radius 2 is 1.37 bits per heavy atom. The first-order chi connectivity index (χ1) is 13.1. The minimum Gasteiger partial charge on any atom is -0.497 e. The van der Waals surface area contributed by atoms with E-state index in [4.69, 9.17) is 14.2 Å². The molecule has 0 fully saturated rings.